The third kappa shape index (κ3) is 1.62. The van der Waals surface area contributed by atoms with E-state index in [0.29, 0.717) is 0 Å². The van der Waals surface area contributed by atoms with E-state index in [1.807, 2.05) is 0 Å². The first kappa shape index (κ1) is 9.15. The van der Waals surface area contributed by atoms with Gasteiger partial charge in [0.05, 0.1) is 12.7 Å². The molecule has 2 N–H and O–H groups in total. The fourth-order valence-electron chi connectivity index (χ4n) is 0.727. The summed E-state index contributed by atoms with van der Waals surface area (Å²) >= 11 is 5.33. The summed E-state index contributed by atoms with van der Waals surface area (Å²) in [6.45, 7) is 0.494. The Morgan fingerprint density at radius 3 is 3.00 bits per heavy atom. The second kappa shape index (κ2) is 3.64. The van der Waals surface area contributed by atoms with Gasteiger partial charge in [0.15, 0.2) is 5.82 Å². The highest BCUT2D eigenvalue weighted by Gasteiger charge is 2.07. The van der Waals surface area contributed by atoms with E-state index in [9.17, 15) is 9.18 Å². The monoisotopic (exact) mass is 191 g/mol. The summed E-state index contributed by atoms with van der Waals surface area (Å²) in [5, 5.41) is 3.05. The number of rotatable bonds is 2. The van der Waals surface area contributed by atoms with Gasteiger partial charge in [0.25, 0.3) is 5.56 Å². The molecule has 0 aromatic carbocycles. The van der Waals surface area contributed by atoms with Crippen molar-refractivity contribution in [2.75, 3.05) is 6.54 Å². The molecule has 4 nitrogen and oxygen atoms in total. The van der Waals surface area contributed by atoms with Gasteiger partial charge in [0, 0.05) is 6.54 Å². The molecule has 1 aromatic heterocycles. The van der Waals surface area contributed by atoms with E-state index in [1.54, 1.807) is 0 Å². The Morgan fingerprint density at radius 2 is 2.42 bits per heavy atom. The Kier molecular flexibility index (Phi) is 2.78. The zero-order valence-corrected chi connectivity index (χ0v) is 6.88. The molecule has 1 heterocycles. The maximum absolute atomic E-state index is 12.6. The Labute approximate surface area is 72.7 Å². The minimum Gasteiger partial charge on any atom is -0.329 e. The normalized spacial score (nSPS) is 10.2. The summed E-state index contributed by atoms with van der Waals surface area (Å²) in [5.74, 6) is -0.810. The smallest absolute Gasteiger partial charge is 0.288 e. The molecule has 0 bridgehead atoms. The number of nitrogens with zero attached hydrogens (tertiary/aromatic N) is 2. The van der Waals surface area contributed by atoms with Crippen molar-refractivity contribution >= 4 is 11.6 Å². The summed E-state index contributed by atoms with van der Waals surface area (Å²) < 4.78 is 13.6. The molecule has 0 atom stereocenters. The molecule has 0 unspecified atom stereocenters. The van der Waals surface area contributed by atoms with Gasteiger partial charge in [-0.05, 0) is 0 Å². The molecule has 1 aromatic rings. The van der Waals surface area contributed by atoms with Crippen molar-refractivity contribution < 1.29 is 4.39 Å². The van der Waals surface area contributed by atoms with Crippen LogP contribution in [0.3, 0.4) is 0 Å². The van der Waals surface area contributed by atoms with E-state index in [1.165, 1.54) is 0 Å². The minimum absolute atomic E-state index is 0.235. The van der Waals surface area contributed by atoms with Crippen LogP contribution in [0.1, 0.15) is 0 Å². The van der Waals surface area contributed by atoms with Crippen LogP contribution in [0.2, 0.25) is 5.02 Å². The molecule has 0 amide bonds. The van der Waals surface area contributed by atoms with Crippen LogP contribution in [0.4, 0.5) is 4.39 Å². The number of aromatic nitrogens is 2. The molecular weight excluding hydrogens is 185 g/mol. The first-order valence-corrected chi connectivity index (χ1v) is 3.66. The molecule has 1 rings (SSSR count). The molecule has 6 heteroatoms. The Balaban J connectivity index is 3.18. The molecular formula is C6H7ClFN3O. The van der Waals surface area contributed by atoms with E-state index in [-0.39, 0.29) is 13.1 Å². The quantitative estimate of drug-likeness (QED) is 0.716. The van der Waals surface area contributed by atoms with Crippen LogP contribution in [0.15, 0.2) is 11.0 Å². The van der Waals surface area contributed by atoms with Gasteiger partial charge in [-0.3, -0.25) is 4.79 Å². The number of nitrogens with two attached hydrogens (primary N) is 1. The lowest BCUT2D eigenvalue weighted by Gasteiger charge is -2.01. The molecule has 0 aliphatic carbocycles. The molecule has 0 aliphatic rings. The van der Waals surface area contributed by atoms with Gasteiger partial charge in [0.1, 0.15) is 5.02 Å². The van der Waals surface area contributed by atoms with Crippen LogP contribution >= 0.6 is 11.6 Å². The minimum atomic E-state index is -0.810. The fraction of sp³-hybridized carbons (Fsp3) is 0.333. The maximum Gasteiger partial charge on any atom is 0.288 e. The van der Waals surface area contributed by atoms with Crippen LogP contribution in [0, 0.1) is 5.82 Å². The largest absolute Gasteiger partial charge is 0.329 e. The van der Waals surface area contributed by atoms with Crippen molar-refractivity contribution in [2.45, 2.75) is 6.54 Å². The first-order chi connectivity index (χ1) is 5.66. The van der Waals surface area contributed by atoms with Crippen molar-refractivity contribution in [3.63, 3.8) is 0 Å². The second-order valence-electron chi connectivity index (χ2n) is 2.12. The molecule has 0 saturated carbocycles. The van der Waals surface area contributed by atoms with E-state index < -0.39 is 16.4 Å². The maximum atomic E-state index is 12.6. The Hall–Kier alpha value is -0.940. The van der Waals surface area contributed by atoms with Crippen LogP contribution in [-0.4, -0.2) is 16.3 Å². The number of halogens is 2. The van der Waals surface area contributed by atoms with Gasteiger partial charge >= 0.3 is 0 Å². The predicted octanol–water partition coefficient (Wildman–Crippen LogP) is -0.00550. The van der Waals surface area contributed by atoms with Crippen molar-refractivity contribution in [3.8, 4) is 0 Å². The molecule has 0 spiro atoms. The molecule has 0 fully saturated rings. The highest BCUT2D eigenvalue weighted by molar-refractivity contribution is 6.30. The van der Waals surface area contributed by atoms with E-state index >= 15 is 0 Å². The zero-order chi connectivity index (χ0) is 9.14. The first-order valence-electron chi connectivity index (χ1n) is 3.28. The molecule has 0 saturated heterocycles. The van der Waals surface area contributed by atoms with Gasteiger partial charge in [-0.15, -0.1) is 0 Å². The number of hydrogen-bond donors (Lipinski definition) is 1. The summed E-state index contributed by atoms with van der Waals surface area (Å²) in [7, 11) is 0. The Bertz CT molecular complexity index is 338. The van der Waals surface area contributed by atoms with Gasteiger partial charge in [-0.2, -0.15) is 5.10 Å². The van der Waals surface area contributed by atoms with Crippen LogP contribution in [0.25, 0.3) is 0 Å². The zero-order valence-electron chi connectivity index (χ0n) is 6.13. The van der Waals surface area contributed by atoms with Crippen molar-refractivity contribution in [3.05, 3.63) is 27.4 Å². The highest BCUT2D eigenvalue weighted by atomic mass is 35.5. The van der Waals surface area contributed by atoms with Gasteiger partial charge in [0.2, 0.25) is 0 Å². The predicted molar refractivity (Wildman–Crippen MR) is 42.5 cm³/mol. The summed E-state index contributed by atoms with van der Waals surface area (Å²) in [6, 6.07) is 0. The summed E-state index contributed by atoms with van der Waals surface area (Å²) in [5.41, 5.74) is 4.53. The average Bonchev–Trinajstić information content (AvgIpc) is 2.07. The fourth-order valence-corrected chi connectivity index (χ4v) is 0.873. The van der Waals surface area contributed by atoms with Gasteiger partial charge < -0.3 is 5.73 Å². The lowest BCUT2D eigenvalue weighted by atomic mass is 10.5. The van der Waals surface area contributed by atoms with Crippen molar-refractivity contribution in [2.24, 2.45) is 5.73 Å². The third-order valence-corrected chi connectivity index (χ3v) is 1.63. The van der Waals surface area contributed by atoms with E-state index in [0.717, 1.165) is 10.9 Å². The van der Waals surface area contributed by atoms with Crippen molar-refractivity contribution in [1.29, 1.82) is 0 Å². The topological polar surface area (TPSA) is 60.9 Å². The van der Waals surface area contributed by atoms with E-state index in [2.05, 4.69) is 5.10 Å². The SMILES string of the molecule is NCCn1ncc(F)c(Cl)c1=O. The third-order valence-electron chi connectivity index (χ3n) is 1.28. The lowest BCUT2D eigenvalue weighted by Crippen LogP contribution is -2.27. The molecule has 66 valence electrons. The summed E-state index contributed by atoms with van der Waals surface area (Å²) in [6.07, 6.45) is 0.888. The molecule has 0 radical (unpaired) electrons. The van der Waals surface area contributed by atoms with E-state index in [4.69, 9.17) is 17.3 Å². The lowest BCUT2D eigenvalue weighted by molar-refractivity contribution is 0.545. The van der Waals surface area contributed by atoms with Crippen LogP contribution < -0.4 is 11.3 Å². The molecule has 0 aliphatic heterocycles. The standard InChI is InChI=1S/C6H7ClFN3O/c7-5-4(8)3-10-11(2-1-9)6(5)12/h3H,1-2,9H2. The second-order valence-corrected chi connectivity index (χ2v) is 2.50. The van der Waals surface area contributed by atoms with Gasteiger partial charge in [-0.25, -0.2) is 9.07 Å². The average molecular weight is 192 g/mol. The molecule has 12 heavy (non-hydrogen) atoms. The Morgan fingerprint density at radius 1 is 1.75 bits per heavy atom. The van der Waals surface area contributed by atoms with Crippen LogP contribution in [0.5, 0.6) is 0 Å². The highest BCUT2D eigenvalue weighted by Crippen LogP contribution is 2.04. The van der Waals surface area contributed by atoms with Gasteiger partial charge in [-0.1, -0.05) is 11.6 Å². The van der Waals surface area contributed by atoms with Crippen LogP contribution in [-0.2, 0) is 6.54 Å². The van der Waals surface area contributed by atoms with Crippen molar-refractivity contribution in [1.82, 2.24) is 9.78 Å². The number of hydrogen-bond acceptors (Lipinski definition) is 3. The summed E-state index contributed by atoms with van der Waals surface area (Å²) in [4.78, 5) is 11.1.